The number of aromatic nitrogens is 1. The van der Waals surface area contributed by atoms with Crippen molar-refractivity contribution in [1.82, 2.24) is 9.71 Å². The predicted octanol–water partition coefficient (Wildman–Crippen LogP) is 3.77. The molecule has 0 saturated heterocycles. The largest absolute Gasteiger partial charge is 0.480 e. The van der Waals surface area contributed by atoms with Crippen LogP contribution in [0.2, 0.25) is 0 Å². The molecule has 0 bridgehead atoms. The molecule has 4 aromatic rings. The molecule has 31 heavy (non-hydrogen) atoms. The first-order valence-electron chi connectivity index (χ1n) is 10.3. The number of H-pyrrole nitrogens is 1. The topological polar surface area (TPSA) is 112 Å². The molecule has 160 valence electrons. The number of benzene rings is 2. The van der Waals surface area contributed by atoms with Gasteiger partial charge in [-0.25, -0.2) is 8.42 Å². The summed E-state index contributed by atoms with van der Waals surface area (Å²) in [6.07, 6.45) is 5.68. The molecule has 0 amide bonds. The Morgan fingerprint density at radius 3 is 2.77 bits per heavy atom. The Bertz CT molecular complexity index is 1400. The maximum Gasteiger partial charge on any atom is 0.322 e. The average molecular weight is 439 g/mol. The van der Waals surface area contributed by atoms with E-state index in [1.54, 1.807) is 12.3 Å². The van der Waals surface area contributed by atoms with Crippen molar-refractivity contribution >= 4 is 37.9 Å². The fraction of sp³-hybridized carbons (Fsp3) is 0.261. The van der Waals surface area contributed by atoms with Gasteiger partial charge in [-0.15, -0.1) is 0 Å². The lowest BCUT2D eigenvalue weighted by molar-refractivity contribution is -0.138. The molecular formula is C23H22N2O5S. The van der Waals surface area contributed by atoms with Crippen LogP contribution in [0.5, 0.6) is 0 Å². The molecule has 1 atom stereocenters. The molecule has 8 heteroatoms. The number of carboxylic acid groups (broad SMARTS) is 1. The number of para-hydroxylation sites is 1. The van der Waals surface area contributed by atoms with E-state index in [4.69, 9.17) is 4.42 Å². The number of hydrogen-bond acceptors (Lipinski definition) is 4. The molecule has 0 aliphatic heterocycles. The highest BCUT2D eigenvalue weighted by molar-refractivity contribution is 7.89. The molecule has 0 spiro atoms. The van der Waals surface area contributed by atoms with E-state index in [1.165, 1.54) is 12.1 Å². The maximum absolute atomic E-state index is 13.0. The summed E-state index contributed by atoms with van der Waals surface area (Å²) in [5, 5.41) is 11.5. The number of aryl methyl sites for hydroxylation is 2. The van der Waals surface area contributed by atoms with Crippen LogP contribution in [0.4, 0.5) is 0 Å². The van der Waals surface area contributed by atoms with Gasteiger partial charge in [0, 0.05) is 47.0 Å². The number of sulfonamides is 1. The van der Waals surface area contributed by atoms with Gasteiger partial charge in [0.05, 0.1) is 4.90 Å². The maximum atomic E-state index is 13.0. The van der Waals surface area contributed by atoms with Gasteiger partial charge < -0.3 is 14.5 Å². The van der Waals surface area contributed by atoms with Crippen molar-refractivity contribution < 1.29 is 22.7 Å². The zero-order valence-electron chi connectivity index (χ0n) is 16.7. The Labute approximate surface area is 179 Å². The second kappa shape index (κ2) is 7.55. The van der Waals surface area contributed by atoms with Gasteiger partial charge in [-0.2, -0.15) is 4.72 Å². The summed E-state index contributed by atoms with van der Waals surface area (Å²) in [4.78, 5) is 14.9. The van der Waals surface area contributed by atoms with Crippen LogP contribution in [0.25, 0.3) is 21.9 Å². The molecule has 1 unspecified atom stereocenters. The Balaban J connectivity index is 1.44. The van der Waals surface area contributed by atoms with Crippen molar-refractivity contribution in [1.29, 1.82) is 0 Å². The zero-order chi connectivity index (χ0) is 21.6. The highest BCUT2D eigenvalue weighted by Crippen LogP contribution is 2.33. The molecule has 2 aromatic carbocycles. The van der Waals surface area contributed by atoms with Crippen LogP contribution in [0.15, 0.2) is 58.0 Å². The van der Waals surface area contributed by atoms with Gasteiger partial charge in [-0.05, 0) is 43.0 Å². The van der Waals surface area contributed by atoms with Gasteiger partial charge in [0.1, 0.15) is 17.4 Å². The van der Waals surface area contributed by atoms with Crippen molar-refractivity contribution in [3.63, 3.8) is 0 Å². The Morgan fingerprint density at radius 1 is 1.13 bits per heavy atom. The summed E-state index contributed by atoms with van der Waals surface area (Å²) in [7, 11) is -4.05. The summed E-state index contributed by atoms with van der Waals surface area (Å²) in [6, 6.07) is 11.0. The second-order valence-electron chi connectivity index (χ2n) is 7.94. The SMILES string of the molecule is O=C(O)C(Cc1c[nH]c2ccccc12)NS(=O)(=O)c1ccc2c3c(oc2c1)CCCC3. The van der Waals surface area contributed by atoms with Gasteiger partial charge >= 0.3 is 5.97 Å². The minimum atomic E-state index is -4.05. The van der Waals surface area contributed by atoms with E-state index >= 15 is 0 Å². The molecule has 0 radical (unpaired) electrons. The molecule has 1 aliphatic carbocycles. The van der Waals surface area contributed by atoms with E-state index in [1.807, 2.05) is 24.3 Å². The van der Waals surface area contributed by atoms with Gasteiger partial charge in [-0.1, -0.05) is 18.2 Å². The quantitative estimate of drug-likeness (QED) is 0.424. The van der Waals surface area contributed by atoms with Crippen LogP contribution in [0.3, 0.4) is 0 Å². The summed E-state index contributed by atoms with van der Waals surface area (Å²) >= 11 is 0. The lowest BCUT2D eigenvalue weighted by Gasteiger charge is -2.15. The number of hydrogen-bond donors (Lipinski definition) is 3. The first-order chi connectivity index (χ1) is 14.9. The molecule has 3 N–H and O–H groups in total. The minimum Gasteiger partial charge on any atom is -0.480 e. The lowest BCUT2D eigenvalue weighted by atomic mass is 9.96. The third kappa shape index (κ3) is 3.62. The molecule has 7 nitrogen and oxygen atoms in total. The van der Waals surface area contributed by atoms with Crippen LogP contribution < -0.4 is 4.72 Å². The third-order valence-corrected chi connectivity index (χ3v) is 7.40. The molecule has 0 saturated carbocycles. The zero-order valence-corrected chi connectivity index (χ0v) is 17.5. The van der Waals surface area contributed by atoms with Gasteiger partial charge in [0.2, 0.25) is 10.0 Å². The Hall–Kier alpha value is -3.10. The lowest BCUT2D eigenvalue weighted by Crippen LogP contribution is -2.42. The number of carboxylic acids is 1. The fourth-order valence-corrected chi connectivity index (χ4v) is 5.57. The number of furan rings is 1. The number of fused-ring (bicyclic) bond motifs is 4. The molecule has 2 heterocycles. The van der Waals surface area contributed by atoms with Crippen LogP contribution in [0, 0.1) is 0 Å². The van der Waals surface area contributed by atoms with Gasteiger partial charge in [0.15, 0.2) is 0 Å². The van der Waals surface area contributed by atoms with E-state index in [0.29, 0.717) is 5.58 Å². The molecule has 1 aliphatic rings. The van der Waals surface area contributed by atoms with E-state index in [0.717, 1.165) is 58.9 Å². The van der Waals surface area contributed by atoms with E-state index < -0.39 is 22.0 Å². The molecule has 0 fully saturated rings. The summed E-state index contributed by atoms with van der Waals surface area (Å²) < 4.78 is 34.3. The van der Waals surface area contributed by atoms with Gasteiger partial charge in [-0.3, -0.25) is 4.79 Å². The molecule has 2 aromatic heterocycles. The number of aliphatic carboxylic acids is 1. The number of nitrogens with one attached hydrogen (secondary N) is 2. The summed E-state index contributed by atoms with van der Waals surface area (Å²) in [5.41, 5.74) is 3.29. The monoisotopic (exact) mass is 438 g/mol. The van der Waals surface area contributed by atoms with Gasteiger partial charge in [0.25, 0.3) is 0 Å². The Kier molecular flexibility index (Phi) is 4.83. The summed E-state index contributed by atoms with van der Waals surface area (Å²) in [6.45, 7) is 0. The smallest absolute Gasteiger partial charge is 0.322 e. The van der Waals surface area contributed by atoms with Crippen molar-refractivity contribution in [2.45, 2.75) is 43.0 Å². The first-order valence-corrected chi connectivity index (χ1v) is 11.7. The van der Waals surface area contributed by atoms with Crippen LogP contribution in [0.1, 0.15) is 29.7 Å². The number of carbonyl (C=O) groups is 1. The normalized spacial score (nSPS) is 15.2. The number of aromatic amines is 1. The van der Waals surface area contributed by atoms with Crippen molar-refractivity contribution in [3.05, 3.63) is 65.5 Å². The average Bonchev–Trinajstić information content (AvgIpc) is 3.34. The fourth-order valence-electron chi connectivity index (χ4n) is 4.37. The standard InChI is InChI=1S/C23H22N2O5S/c26-23(27)20(11-14-13-24-19-7-3-1-5-16(14)19)25-31(28,29)15-9-10-18-17-6-2-4-8-21(17)30-22(18)12-15/h1,3,5,7,9-10,12-13,20,24-25H,2,4,6,8,11H2,(H,26,27). The van der Waals surface area contributed by atoms with E-state index in [9.17, 15) is 18.3 Å². The third-order valence-electron chi connectivity index (χ3n) is 5.93. The summed E-state index contributed by atoms with van der Waals surface area (Å²) in [5.74, 6) is -0.310. The van der Waals surface area contributed by atoms with Crippen molar-refractivity contribution in [3.8, 4) is 0 Å². The van der Waals surface area contributed by atoms with Crippen LogP contribution in [-0.2, 0) is 34.1 Å². The highest BCUT2D eigenvalue weighted by atomic mass is 32.2. The predicted molar refractivity (Wildman–Crippen MR) is 117 cm³/mol. The number of rotatable bonds is 6. The first kappa shape index (κ1) is 19.8. The molecular weight excluding hydrogens is 416 g/mol. The minimum absolute atomic E-state index is 0.00345. The van der Waals surface area contributed by atoms with E-state index in [2.05, 4.69) is 9.71 Å². The highest BCUT2D eigenvalue weighted by Gasteiger charge is 2.28. The van der Waals surface area contributed by atoms with Crippen molar-refractivity contribution in [2.24, 2.45) is 0 Å². The van der Waals surface area contributed by atoms with Crippen LogP contribution in [-0.4, -0.2) is 30.5 Å². The molecule has 5 rings (SSSR count). The second-order valence-corrected chi connectivity index (χ2v) is 9.66. The van der Waals surface area contributed by atoms with E-state index in [-0.39, 0.29) is 11.3 Å². The Morgan fingerprint density at radius 2 is 1.94 bits per heavy atom. The van der Waals surface area contributed by atoms with Crippen LogP contribution >= 0.6 is 0 Å². The van der Waals surface area contributed by atoms with Crippen molar-refractivity contribution in [2.75, 3.05) is 0 Å².